The summed E-state index contributed by atoms with van der Waals surface area (Å²) in [7, 11) is 0. The summed E-state index contributed by atoms with van der Waals surface area (Å²) in [5, 5.41) is 0. The second-order valence-electron chi connectivity index (χ2n) is 5.09. The van der Waals surface area contributed by atoms with Crippen molar-refractivity contribution >= 4 is 5.91 Å². The minimum absolute atomic E-state index is 0.256. The van der Waals surface area contributed by atoms with Gasteiger partial charge in [-0.05, 0) is 25.2 Å². The number of nitrogens with zero attached hydrogens (tertiary/aromatic N) is 1. The van der Waals surface area contributed by atoms with E-state index in [1.807, 2.05) is 4.90 Å². The lowest BCUT2D eigenvalue weighted by atomic mass is 10.1. The standard InChI is InChI=1S/C15H25NO/c1-3-5-6-7-8-9-15(17)16(12-4-2)13-14-10-11-14/h2,14H,3,5-13H2,1H3. The number of rotatable bonds is 9. The minimum Gasteiger partial charge on any atom is -0.331 e. The molecule has 1 saturated carbocycles. The van der Waals surface area contributed by atoms with Crippen molar-refractivity contribution in [1.82, 2.24) is 4.90 Å². The predicted molar refractivity (Wildman–Crippen MR) is 71.5 cm³/mol. The van der Waals surface area contributed by atoms with Crippen molar-refractivity contribution in [2.75, 3.05) is 13.1 Å². The topological polar surface area (TPSA) is 20.3 Å². The van der Waals surface area contributed by atoms with E-state index in [1.165, 1.54) is 38.5 Å². The molecule has 0 aromatic heterocycles. The third-order valence-electron chi connectivity index (χ3n) is 3.30. The van der Waals surface area contributed by atoms with Crippen LogP contribution in [0.25, 0.3) is 0 Å². The van der Waals surface area contributed by atoms with Gasteiger partial charge in [0.2, 0.25) is 5.91 Å². The summed E-state index contributed by atoms with van der Waals surface area (Å²) in [4.78, 5) is 13.8. The molecular weight excluding hydrogens is 210 g/mol. The largest absolute Gasteiger partial charge is 0.331 e. The maximum atomic E-state index is 12.0. The van der Waals surface area contributed by atoms with Gasteiger partial charge in [-0.1, -0.05) is 38.5 Å². The Bertz CT molecular complexity index is 263. The summed E-state index contributed by atoms with van der Waals surface area (Å²) in [5.74, 6) is 3.58. The molecule has 0 bridgehead atoms. The van der Waals surface area contributed by atoms with Crippen molar-refractivity contribution in [3.63, 3.8) is 0 Å². The molecule has 0 atom stereocenters. The van der Waals surface area contributed by atoms with Crippen molar-refractivity contribution in [2.45, 2.75) is 58.3 Å². The van der Waals surface area contributed by atoms with Crippen LogP contribution in [-0.4, -0.2) is 23.9 Å². The first-order chi connectivity index (χ1) is 8.27. The highest BCUT2D eigenvalue weighted by atomic mass is 16.2. The van der Waals surface area contributed by atoms with Gasteiger partial charge >= 0.3 is 0 Å². The maximum Gasteiger partial charge on any atom is 0.223 e. The third kappa shape index (κ3) is 6.36. The van der Waals surface area contributed by atoms with Gasteiger partial charge in [-0.3, -0.25) is 4.79 Å². The zero-order valence-corrected chi connectivity index (χ0v) is 11.1. The Hall–Kier alpha value is -0.970. The summed E-state index contributed by atoms with van der Waals surface area (Å²) in [6, 6.07) is 0. The third-order valence-corrected chi connectivity index (χ3v) is 3.30. The number of carbonyl (C=O) groups is 1. The van der Waals surface area contributed by atoms with Crippen molar-refractivity contribution < 1.29 is 4.79 Å². The van der Waals surface area contributed by atoms with Crippen molar-refractivity contribution in [2.24, 2.45) is 5.92 Å². The van der Waals surface area contributed by atoms with E-state index in [2.05, 4.69) is 12.8 Å². The first kappa shape index (κ1) is 14.1. The molecule has 17 heavy (non-hydrogen) atoms. The van der Waals surface area contributed by atoms with Gasteiger partial charge in [-0.15, -0.1) is 6.42 Å². The van der Waals surface area contributed by atoms with Gasteiger partial charge in [-0.2, -0.15) is 0 Å². The molecule has 0 heterocycles. The molecule has 1 aliphatic rings. The second-order valence-corrected chi connectivity index (χ2v) is 5.09. The van der Waals surface area contributed by atoms with Crippen LogP contribution < -0.4 is 0 Å². The second kappa shape index (κ2) is 8.17. The zero-order chi connectivity index (χ0) is 12.5. The van der Waals surface area contributed by atoms with Crippen LogP contribution in [0.4, 0.5) is 0 Å². The Morgan fingerprint density at radius 1 is 1.29 bits per heavy atom. The molecule has 0 aliphatic heterocycles. The van der Waals surface area contributed by atoms with E-state index < -0.39 is 0 Å². The van der Waals surface area contributed by atoms with E-state index in [0.717, 1.165) is 18.9 Å². The molecule has 1 fully saturated rings. The van der Waals surface area contributed by atoms with Crippen LogP contribution in [0.5, 0.6) is 0 Å². The lowest BCUT2D eigenvalue weighted by Crippen LogP contribution is -2.33. The minimum atomic E-state index is 0.256. The van der Waals surface area contributed by atoms with Crippen LogP contribution >= 0.6 is 0 Å². The lowest BCUT2D eigenvalue weighted by Gasteiger charge is -2.20. The first-order valence-corrected chi connectivity index (χ1v) is 6.99. The molecule has 1 aliphatic carbocycles. The zero-order valence-electron chi connectivity index (χ0n) is 11.1. The maximum absolute atomic E-state index is 12.0. The fraction of sp³-hybridized carbons (Fsp3) is 0.800. The van der Waals surface area contributed by atoms with E-state index in [1.54, 1.807) is 0 Å². The molecular formula is C15H25NO. The Kier molecular flexibility index (Phi) is 6.77. The SMILES string of the molecule is C#CCN(CC1CC1)C(=O)CCCCCCC. The quantitative estimate of drug-likeness (QED) is 0.444. The number of amides is 1. The Balaban J connectivity index is 2.15. The summed E-state index contributed by atoms with van der Waals surface area (Å²) < 4.78 is 0. The van der Waals surface area contributed by atoms with E-state index in [9.17, 15) is 4.79 Å². The highest BCUT2D eigenvalue weighted by Crippen LogP contribution is 2.29. The number of carbonyl (C=O) groups excluding carboxylic acids is 1. The molecule has 1 rings (SSSR count). The summed E-state index contributed by atoms with van der Waals surface area (Å²) in [6.45, 7) is 3.58. The fourth-order valence-electron chi connectivity index (χ4n) is 2.01. The molecule has 96 valence electrons. The van der Waals surface area contributed by atoms with E-state index in [0.29, 0.717) is 13.0 Å². The van der Waals surface area contributed by atoms with Crippen LogP contribution in [0.3, 0.4) is 0 Å². The van der Waals surface area contributed by atoms with Gasteiger partial charge < -0.3 is 4.90 Å². The number of hydrogen-bond donors (Lipinski definition) is 0. The van der Waals surface area contributed by atoms with Gasteiger partial charge in [0.1, 0.15) is 0 Å². The summed E-state index contributed by atoms with van der Waals surface area (Å²) in [5.41, 5.74) is 0. The van der Waals surface area contributed by atoms with Crippen LogP contribution in [0.15, 0.2) is 0 Å². The molecule has 2 nitrogen and oxygen atoms in total. The van der Waals surface area contributed by atoms with E-state index in [-0.39, 0.29) is 5.91 Å². The molecule has 0 unspecified atom stereocenters. The van der Waals surface area contributed by atoms with Crippen LogP contribution in [0, 0.1) is 18.3 Å². The van der Waals surface area contributed by atoms with Crippen LogP contribution in [-0.2, 0) is 4.79 Å². The highest BCUT2D eigenvalue weighted by Gasteiger charge is 2.25. The van der Waals surface area contributed by atoms with Crippen molar-refractivity contribution in [3.8, 4) is 12.3 Å². The summed E-state index contributed by atoms with van der Waals surface area (Å²) >= 11 is 0. The normalized spacial score (nSPS) is 14.4. The van der Waals surface area contributed by atoms with Gasteiger partial charge in [0.25, 0.3) is 0 Å². The molecule has 0 aromatic rings. The number of terminal acetylenes is 1. The van der Waals surface area contributed by atoms with Crippen molar-refractivity contribution in [3.05, 3.63) is 0 Å². The average molecular weight is 235 g/mol. The monoisotopic (exact) mass is 235 g/mol. The van der Waals surface area contributed by atoms with Gasteiger partial charge in [0, 0.05) is 13.0 Å². The molecule has 0 radical (unpaired) electrons. The molecule has 0 aromatic carbocycles. The molecule has 0 saturated heterocycles. The highest BCUT2D eigenvalue weighted by molar-refractivity contribution is 5.76. The molecule has 0 N–H and O–H groups in total. The van der Waals surface area contributed by atoms with Crippen LogP contribution in [0.2, 0.25) is 0 Å². The van der Waals surface area contributed by atoms with Crippen molar-refractivity contribution in [1.29, 1.82) is 0 Å². The Morgan fingerprint density at radius 2 is 2.00 bits per heavy atom. The van der Waals surface area contributed by atoms with Crippen LogP contribution in [0.1, 0.15) is 58.3 Å². The number of hydrogen-bond acceptors (Lipinski definition) is 1. The van der Waals surface area contributed by atoms with E-state index in [4.69, 9.17) is 6.42 Å². The summed E-state index contributed by atoms with van der Waals surface area (Å²) in [6.07, 6.45) is 14.5. The lowest BCUT2D eigenvalue weighted by molar-refractivity contribution is -0.130. The Morgan fingerprint density at radius 3 is 2.59 bits per heavy atom. The Labute approximate surface area is 106 Å². The van der Waals surface area contributed by atoms with Gasteiger partial charge in [0.05, 0.1) is 6.54 Å². The molecule has 1 amide bonds. The fourth-order valence-corrected chi connectivity index (χ4v) is 2.01. The first-order valence-electron chi connectivity index (χ1n) is 6.99. The average Bonchev–Trinajstić information content (AvgIpc) is 3.12. The molecule has 2 heteroatoms. The van der Waals surface area contributed by atoms with Gasteiger partial charge in [0.15, 0.2) is 0 Å². The van der Waals surface area contributed by atoms with E-state index >= 15 is 0 Å². The van der Waals surface area contributed by atoms with Gasteiger partial charge in [-0.25, -0.2) is 0 Å². The predicted octanol–water partition coefficient (Wildman–Crippen LogP) is 3.22. The molecule has 0 spiro atoms. The smallest absolute Gasteiger partial charge is 0.223 e. The number of unbranched alkanes of at least 4 members (excludes halogenated alkanes) is 4.